The van der Waals surface area contributed by atoms with Crippen LogP contribution in [0.25, 0.3) is 0 Å². The first-order valence-electron chi connectivity index (χ1n) is 14.6. The number of piperazine rings is 1. The van der Waals surface area contributed by atoms with Gasteiger partial charge in [-0.1, -0.05) is 25.5 Å². The summed E-state index contributed by atoms with van der Waals surface area (Å²) in [6.07, 6.45) is 8.18. The monoisotopic (exact) mass is 606 g/mol. The van der Waals surface area contributed by atoms with Crippen LogP contribution in [-0.4, -0.2) is 78.2 Å². The van der Waals surface area contributed by atoms with Crippen molar-refractivity contribution in [3.05, 3.63) is 48.1 Å². The van der Waals surface area contributed by atoms with Crippen molar-refractivity contribution in [2.75, 3.05) is 44.7 Å². The van der Waals surface area contributed by atoms with Crippen molar-refractivity contribution in [1.82, 2.24) is 4.90 Å². The summed E-state index contributed by atoms with van der Waals surface area (Å²) < 4.78 is 5.27. The lowest BCUT2D eigenvalue weighted by Gasteiger charge is -2.59. The number of Topliss-reactive ketones (excluding diaryl/α,β-unsaturated/α-hetero) is 1. The summed E-state index contributed by atoms with van der Waals surface area (Å²) in [4.78, 5) is 30.4. The molecule has 9 heteroatoms. The summed E-state index contributed by atoms with van der Waals surface area (Å²) in [5.41, 5.74) is -0.148. The number of halogens is 2. The van der Waals surface area contributed by atoms with Gasteiger partial charge in [-0.2, -0.15) is 0 Å². The number of anilines is 1. The van der Waals surface area contributed by atoms with Gasteiger partial charge in [-0.3, -0.25) is 14.5 Å². The van der Waals surface area contributed by atoms with Gasteiger partial charge < -0.3 is 19.8 Å². The van der Waals surface area contributed by atoms with Gasteiger partial charge in [0, 0.05) is 48.6 Å². The number of fused-ring (bicyclic) bond motifs is 5. The second-order valence-electron chi connectivity index (χ2n) is 13.0. The van der Waals surface area contributed by atoms with Gasteiger partial charge in [0.2, 0.25) is 0 Å². The molecular formula is C32H44Cl2N2O5. The number of aliphatic hydroxyl groups is 2. The van der Waals surface area contributed by atoms with Crippen LogP contribution in [0.1, 0.15) is 46.0 Å². The number of benzene rings is 1. The van der Waals surface area contributed by atoms with E-state index in [1.165, 1.54) is 0 Å². The molecule has 1 aromatic carbocycles. The van der Waals surface area contributed by atoms with E-state index in [4.69, 9.17) is 4.74 Å². The molecule has 7 nitrogen and oxygen atoms in total. The molecule has 41 heavy (non-hydrogen) atoms. The standard InChI is InChI=1S/C32H42N2O5.2ClH/c1-30-12-10-23(35)18-21(30)4-9-25-26-11-13-32(38,31(26,2)19-27(36)29(25)30)28(37)20-33-14-16-34(17-15-33)22-5-7-24(39-3)8-6-22;;/h5-8,10,12,18,25-27,29,36,38H,4,9,11,13-17,19-20H2,1-3H3;2*1H/t25-,26-,27?,29+,30-,31-,32-;;/m0../s1. The third kappa shape index (κ3) is 5.06. The lowest BCUT2D eigenvalue weighted by Crippen LogP contribution is -2.62. The van der Waals surface area contributed by atoms with Crippen LogP contribution in [0.15, 0.2) is 48.1 Å². The molecule has 1 aromatic rings. The van der Waals surface area contributed by atoms with Gasteiger partial charge >= 0.3 is 0 Å². The number of methoxy groups -OCH3 is 1. The van der Waals surface area contributed by atoms with Crippen molar-refractivity contribution in [2.24, 2.45) is 28.6 Å². The van der Waals surface area contributed by atoms with Gasteiger partial charge in [0.1, 0.15) is 11.4 Å². The molecular weight excluding hydrogens is 563 g/mol. The van der Waals surface area contributed by atoms with Crippen molar-refractivity contribution in [1.29, 1.82) is 0 Å². The van der Waals surface area contributed by atoms with E-state index in [2.05, 4.69) is 35.8 Å². The summed E-state index contributed by atoms with van der Waals surface area (Å²) in [5, 5.41) is 23.7. The van der Waals surface area contributed by atoms with E-state index in [1.54, 1.807) is 19.3 Å². The fraction of sp³-hybridized carbons (Fsp3) is 0.625. The molecule has 0 amide bonds. The molecule has 226 valence electrons. The van der Waals surface area contributed by atoms with Gasteiger partial charge in [0.15, 0.2) is 11.6 Å². The number of nitrogens with zero attached hydrogens (tertiary/aromatic N) is 2. The molecule has 1 aliphatic heterocycles. The van der Waals surface area contributed by atoms with Crippen molar-refractivity contribution in [3.8, 4) is 5.75 Å². The second kappa shape index (κ2) is 11.6. The Morgan fingerprint density at radius 1 is 1.07 bits per heavy atom. The molecule has 1 saturated heterocycles. The van der Waals surface area contributed by atoms with Crippen LogP contribution < -0.4 is 9.64 Å². The smallest absolute Gasteiger partial charge is 0.178 e. The molecule has 0 bridgehead atoms. The SMILES string of the molecule is COc1ccc(N2CCN(CC(=O)[C@@]3(O)CC[C@H]4[C@@H]5CCC6=CC(=O)C=C[C@]6(C)[C@H]5C(O)C[C@@]43C)CC2)cc1.Cl.Cl. The van der Waals surface area contributed by atoms with Crippen molar-refractivity contribution >= 4 is 42.1 Å². The maximum absolute atomic E-state index is 13.9. The minimum Gasteiger partial charge on any atom is -0.497 e. The average Bonchev–Trinajstić information content (AvgIpc) is 3.20. The van der Waals surface area contributed by atoms with Gasteiger partial charge in [-0.05, 0) is 80.4 Å². The van der Waals surface area contributed by atoms with Gasteiger partial charge in [-0.25, -0.2) is 0 Å². The number of ketones is 2. The van der Waals surface area contributed by atoms with Crippen LogP contribution in [0.4, 0.5) is 5.69 Å². The van der Waals surface area contributed by atoms with E-state index < -0.39 is 17.1 Å². The van der Waals surface area contributed by atoms with Crippen LogP contribution in [-0.2, 0) is 9.59 Å². The summed E-state index contributed by atoms with van der Waals surface area (Å²) in [6, 6.07) is 8.06. The lowest BCUT2D eigenvalue weighted by molar-refractivity contribution is -0.177. The normalized spacial score (nSPS) is 38.0. The number of allylic oxidation sites excluding steroid dienone is 4. The Balaban J connectivity index is 0.00000194. The van der Waals surface area contributed by atoms with E-state index in [0.717, 1.165) is 62.5 Å². The quantitative estimate of drug-likeness (QED) is 0.518. The highest BCUT2D eigenvalue weighted by atomic mass is 35.5. The first kappa shape index (κ1) is 32.0. The Morgan fingerprint density at radius 2 is 1.76 bits per heavy atom. The number of rotatable bonds is 5. The van der Waals surface area contributed by atoms with Gasteiger partial charge in [0.05, 0.1) is 19.8 Å². The zero-order valence-corrected chi connectivity index (χ0v) is 25.9. The molecule has 0 spiro atoms. The Morgan fingerprint density at radius 3 is 2.41 bits per heavy atom. The molecule has 3 saturated carbocycles. The average molecular weight is 608 g/mol. The third-order valence-corrected chi connectivity index (χ3v) is 11.3. The number of carbonyl (C=O) groups excluding carboxylic acids is 2. The molecule has 1 heterocycles. The topological polar surface area (TPSA) is 90.3 Å². The maximum Gasteiger partial charge on any atom is 0.178 e. The molecule has 7 atom stereocenters. The molecule has 4 aliphatic carbocycles. The summed E-state index contributed by atoms with van der Waals surface area (Å²) in [5.74, 6) is 1.17. The molecule has 0 radical (unpaired) electrons. The molecule has 4 fully saturated rings. The van der Waals surface area contributed by atoms with Crippen LogP contribution in [0, 0.1) is 28.6 Å². The minimum atomic E-state index is -1.42. The fourth-order valence-corrected chi connectivity index (χ4v) is 9.08. The Bertz CT molecular complexity index is 1210. The predicted octanol–water partition coefficient (Wildman–Crippen LogP) is 4.24. The Hall–Kier alpha value is -1.90. The predicted molar refractivity (Wildman–Crippen MR) is 164 cm³/mol. The maximum atomic E-state index is 13.9. The highest BCUT2D eigenvalue weighted by Crippen LogP contribution is 2.67. The number of carbonyl (C=O) groups is 2. The highest BCUT2D eigenvalue weighted by molar-refractivity contribution is 6.01. The first-order valence-corrected chi connectivity index (χ1v) is 14.6. The number of hydrogen-bond donors (Lipinski definition) is 2. The van der Waals surface area contributed by atoms with Crippen LogP contribution in [0.2, 0.25) is 0 Å². The molecule has 5 aliphatic rings. The highest BCUT2D eigenvalue weighted by Gasteiger charge is 2.68. The fourth-order valence-electron chi connectivity index (χ4n) is 9.08. The number of hydrogen-bond acceptors (Lipinski definition) is 7. The van der Waals surface area contributed by atoms with Crippen molar-refractivity contribution in [2.45, 2.75) is 57.7 Å². The molecule has 2 N–H and O–H groups in total. The molecule has 6 rings (SSSR count). The number of aliphatic hydroxyl groups excluding tert-OH is 1. The first-order chi connectivity index (χ1) is 18.6. The molecule has 1 unspecified atom stereocenters. The summed E-state index contributed by atoms with van der Waals surface area (Å²) in [6.45, 7) is 7.63. The van der Waals surface area contributed by atoms with E-state index in [1.807, 2.05) is 18.2 Å². The van der Waals surface area contributed by atoms with Crippen LogP contribution in [0.5, 0.6) is 5.75 Å². The van der Waals surface area contributed by atoms with Gasteiger partial charge in [-0.15, -0.1) is 24.8 Å². The summed E-state index contributed by atoms with van der Waals surface area (Å²) in [7, 11) is 1.66. The summed E-state index contributed by atoms with van der Waals surface area (Å²) >= 11 is 0. The van der Waals surface area contributed by atoms with E-state index in [-0.39, 0.29) is 66.1 Å². The zero-order valence-electron chi connectivity index (χ0n) is 24.3. The molecule has 0 aromatic heterocycles. The second-order valence-corrected chi connectivity index (χ2v) is 13.0. The minimum absolute atomic E-state index is 0. The van der Waals surface area contributed by atoms with E-state index >= 15 is 0 Å². The van der Waals surface area contributed by atoms with Crippen LogP contribution in [0.3, 0.4) is 0 Å². The van der Waals surface area contributed by atoms with Gasteiger partial charge in [0.25, 0.3) is 0 Å². The lowest BCUT2D eigenvalue weighted by atomic mass is 9.46. The van der Waals surface area contributed by atoms with Crippen LogP contribution >= 0.6 is 24.8 Å². The van der Waals surface area contributed by atoms with Crippen molar-refractivity contribution < 1.29 is 24.5 Å². The third-order valence-electron chi connectivity index (χ3n) is 11.3. The number of ether oxygens (including phenoxy) is 1. The Kier molecular flexibility index (Phi) is 9.10. The largest absolute Gasteiger partial charge is 0.497 e. The zero-order chi connectivity index (χ0) is 27.6. The van der Waals surface area contributed by atoms with Crippen molar-refractivity contribution in [3.63, 3.8) is 0 Å². The van der Waals surface area contributed by atoms with E-state index in [0.29, 0.717) is 12.8 Å². The Labute approximate surface area is 255 Å². The van der Waals surface area contributed by atoms with E-state index in [9.17, 15) is 19.8 Å².